The van der Waals surface area contributed by atoms with E-state index in [1.165, 1.54) is 0 Å². The molecule has 0 bridgehead atoms. The van der Waals surface area contributed by atoms with Crippen molar-refractivity contribution in [3.05, 3.63) is 83.7 Å². The van der Waals surface area contributed by atoms with Crippen LogP contribution in [0.3, 0.4) is 0 Å². The lowest BCUT2D eigenvalue weighted by atomic mass is 10.1. The highest BCUT2D eigenvalue weighted by atomic mass is 16.6. The van der Waals surface area contributed by atoms with Crippen molar-refractivity contribution < 1.29 is 19.1 Å². The van der Waals surface area contributed by atoms with Crippen LogP contribution < -0.4 is 20.1 Å². The number of pyridine rings is 1. The first-order valence-electron chi connectivity index (χ1n) is 9.17. The van der Waals surface area contributed by atoms with Crippen molar-refractivity contribution in [3.8, 4) is 11.5 Å². The van der Waals surface area contributed by atoms with Crippen LogP contribution in [0, 0.1) is 0 Å². The van der Waals surface area contributed by atoms with Gasteiger partial charge in [-0.15, -0.1) is 0 Å². The van der Waals surface area contributed by atoms with Gasteiger partial charge in [-0.2, -0.15) is 0 Å². The minimum atomic E-state index is -0.274. The molecule has 0 aliphatic carbocycles. The molecule has 29 heavy (non-hydrogen) atoms. The normalized spacial score (nSPS) is 12.1. The average molecular weight is 389 g/mol. The molecule has 0 fully saturated rings. The zero-order valence-corrected chi connectivity index (χ0v) is 15.6. The third-order valence-corrected chi connectivity index (χ3v) is 4.39. The number of nitrogens with one attached hydrogen (secondary N) is 2. The van der Waals surface area contributed by atoms with Gasteiger partial charge in [-0.1, -0.05) is 6.07 Å². The Kier molecular flexibility index (Phi) is 5.38. The molecule has 0 saturated heterocycles. The zero-order chi connectivity index (χ0) is 20.1. The van der Waals surface area contributed by atoms with E-state index < -0.39 is 0 Å². The third-order valence-electron chi connectivity index (χ3n) is 4.39. The third kappa shape index (κ3) is 4.52. The fourth-order valence-corrected chi connectivity index (χ4v) is 2.88. The molecule has 0 atom stereocenters. The van der Waals surface area contributed by atoms with E-state index in [-0.39, 0.29) is 11.8 Å². The van der Waals surface area contributed by atoms with Gasteiger partial charge in [0.25, 0.3) is 11.8 Å². The van der Waals surface area contributed by atoms with E-state index in [9.17, 15) is 9.59 Å². The number of fused-ring (bicyclic) bond motifs is 1. The SMILES string of the molecule is O=C(NCc1cccnc1)c1ccc(C(=O)Nc2ccc3c(c2)OCCO3)cc1. The van der Waals surface area contributed by atoms with Crippen LogP contribution in [0.4, 0.5) is 5.69 Å². The second-order valence-corrected chi connectivity index (χ2v) is 6.43. The summed E-state index contributed by atoms with van der Waals surface area (Å²) in [5.74, 6) is 0.780. The van der Waals surface area contributed by atoms with Gasteiger partial charge in [0.2, 0.25) is 0 Å². The maximum Gasteiger partial charge on any atom is 0.255 e. The molecule has 4 rings (SSSR count). The van der Waals surface area contributed by atoms with Crippen LogP contribution in [0.5, 0.6) is 11.5 Å². The minimum absolute atomic E-state index is 0.215. The second kappa shape index (κ2) is 8.43. The van der Waals surface area contributed by atoms with E-state index in [2.05, 4.69) is 15.6 Å². The van der Waals surface area contributed by atoms with Gasteiger partial charge in [-0.25, -0.2) is 0 Å². The van der Waals surface area contributed by atoms with E-state index >= 15 is 0 Å². The number of hydrogen-bond donors (Lipinski definition) is 2. The van der Waals surface area contributed by atoms with Crippen LogP contribution >= 0.6 is 0 Å². The van der Waals surface area contributed by atoms with E-state index in [0.29, 0.717) is 48.1 Å². The molecule has 3 aromatic rings. The van der Waals surface area contributed by atoms with Gasteiger partial charge in [-0.3, -0.25) is 14.6 Å². The van der Waals surface area contributed by atoms with Crippen molar-refractivity contribution in [3.63, 3.8) is 0 Å². The van der Waals surface area contributed by atoms with Crippen LogP contribution in [0.2, 0.25) is 0 Å². The van der Waals surface area contributed by atoms with Gasteiger partial charge in [0.1, 0.15) is 13.2 Å². The Bertz CT molecular complexity index is 1020. The zero-order valence-electron chi connectivity index (χ0n) is 15.6. The first-order valence-corrected chi connectivity index (χ1v) is 9.17. The number of hydrogen-bond acceptors (Lipinski definition) is 5. The van der Waals surface area contributed by atoms with Crippen LogP contribution in [0.15, 0.2) is 67.0 Å². The summed E-state index contributed by atoms with van der Waals surface area (Å²) in [6, 6.07) is 15.4. The average Bonchev–Trinajstić information content (AvgIpc) is 2.78. The van der Waals surface area contributed by atoms with Crippen molar-refractivity contribution >= 4 is 17.5 Å². The quantitative estimate of drug-likeness (QED) is 0.700. The molecule has 2 heterocycles. The molecule has 2 N–H and O–H groups in total. The Hall–Kier alpha value is -3.87. The number of amides is 2. The fraction of sp³-hybridized carbons (Fsp3) is 0.136. The lowest BCUT2D eigenvalue weighted by Crippen LogP contribution is -2.23. The Morgan fingerprint density at radius 1 is 0.897 bits per heavy atom. The Balaban J connectivity index is 1.37. The minimum Gasteiger partial charge on any atom is -0.486 e. The molecule has 0 saturated carbocycles. The second-order valence-electron chi connectivity index (χ2n) is 6.43. The molecule has 1 aliphatic rings. The molecule has 2 amide bonds. The Morgan fingerprint density at radius 3 is 2.34 bits per heavy atom. The van der Waals surface area contributed by atoms with Crippen molar-refractivity contribution in [2.45, 2.75) is 6.54 Å². The highest BCUT2D eigenvalue weighted by Gasteiger charge is 2.14. The van der Waals surface area contributed by atoms with E-state index in [1.54, 1.807) is 54.9 Å². The van der Waals surface area contributed by atoms with Gasteiger partial charge in [0, 0.05) is 41.8 Å². The predicted octanol–water partition coefficient (Wildman–Crippen LogP) is 3.04. The molecule has 7 nitrogen and oxygen atoms in total. The standard InChI is InChI=1S/C22H19N3O4/c26-21(24-14-15-2-1-9-23-13-15)16-3-5-17(6-4-16)22(27)25-18-7-8-19-20(12-18)29-11-10-28-19/h1-9,12-13H,10-11,14H2,(H,24,26)(H,25,27). The number of aromatic nitrogens is 1. The molecule has 2 aromatic carbocycles. The maximum atomic E-state index is 12.5. The molecule has 7 heteroatoms. The number of benzene rings is 2. The highest BCUT2D eigenvalue weighted by Crippen LogP contribution is 2.32. The van der Waals surface area contributed by atoms with Crippen LogP contribution in [0.25, 0.3) is 0 Å². The lowest BCUT2D eigenvalue weighted by molar-refractivity contribution is 0.0949. The first kappa shape index (κ1) is 18.5. The molecule has 0 spiro atoms. The van der Waals surface area contributed by atoms with Gasteiger partial charge < -0.3 is 20.1 Å². The van der Waals surface area contributed by atoms with E-state index in [0.717, 1.165) is 5.56 Å². The molecule has 0 radical (unpaired) electrons. The lowest BCUT2D eigenvalue weighted by Gasteiger charge is -2.19. The van der Waals surface area contributed by atoms with Crippen LogP contribution in [-0.2, 0) is 6.54 Å². The molecule has 1 aliphatic heterocycles. The summed E-state index contributed by atoms with van der Waals surface area (Å²) in [5, 5.41) is 5.65. The van der Waals surface area contributed by atoms with Gasteiger partial charge in [-0.05, 0) is 48.0 Å². The smallest absolute Gasteiger partial charge is 0.255 e. The summed E-state index contributed by atoms with van der Waals surface area (Å²) in [6.45, 7) is 1.38. The Morgan fingerprint density at radius 2 is 1.62 bits per heavy atom. The predicted molar refractivity (Wildman–Crippen MR) is 107 cm³/mol. The Labute approximate surface area is 167 Å². The van der Waals surface area contributed by atoms with Gasteiger partial charge in [0.15, 0.2) is 11.5 Å². The summed E-state index contributed by atoms with van der Waals surface area (Å²) in [7, 11) is 0. The number of anilines is 1. The number of carbonyl (C=O) groups is 2. The van der Waals surface area contributed by atoms with Crippen molar-refractivity contribution in [1.82, 2.24) is 10.3 Å². The molecule has 146 valence electrons. The van der Waals surface area contributed by atoms with Crippen molar-refractivity contribution in [1.29, 1.82) is 0 Å². The maximum absolute atomic E-state index is 12.5. The number of nitrogens with zero attached hydrogens (tertiary/aromatic N) is 1. The number of ether oxygens (including phenoxy) is 2. The van der Waals surface area contributed by atoms with Crippen LogP contribution in [0.1, 0.15) is 26.3 Å². The van der Waals surface area contributed by atoms with Gasteiger partial charge in [0.05, 0.1) is 0 Å². The van der Waals surface area contributed by atoms with E-state index in [1.807, 2.05) is 12.1 Å². The van der Waals surface area contributed by atoms with Crippen molar-refractivity contribution in [2.24, 2.45) is 0 Å². The summed E-state index contributed by atoms with van der Waals surface area (Å²) < 4.78 is 11.0. The summed E-state index contributed by atoms with van der Waals surface area (Å²) in [5.41, 5.74) is 2.45. The number of carbonyl (C=O) groups excluding carboxylic acids is 2. The summed E-state index contributed by atoms with van der Waals surface area (Å²) in [4.78, 5) is 28.8. The van der Waals surface area contributed by atoms with E-state index in [4.69, 9.17) is 9.47 Å². The largest absolute Gasteiger partial charge is 0.486 e. The molecule has 1 aromatic heterocycles. The monoisotopic (exact) mass is 389 g/mol. The van der Waals surface area contributed by atoms with Crippen LogP contribution in [-0.4, -0.2) is 30.0 Å². The fourth-order valence-electron chi connectivity index (χ4n) is 2.88. The van der Waals surface area contributed by atoms with Crippen molar-refractivity contribution in [2.75, 3.05) is 18.5 Å². The topological polar surface area (TPSA) is 89.6 Å². The van der Waals surface area contributed by atoms with Gasteiger partial charge >= 0.3 is 0 Å². The molecular formula is C22H19N3O4. The summed E-state index contributed by atoms with van der Waals surface area (Å²) in [6.07, 6.45) is 3.38. The summed E-state index contributed by atoms with van der Waals surface area (Å²) >= 11 is 0. The number of rotatable bonds is 5. The molecule has 0 unspecified atom stereocenters. The highest BCUT2D eigenvalue weighted by molar-refractivity contribution is 6.05. The molecular weight excluding hydrogens is 370 g/mol. The first-order chi connectivity index (χ1) is 14.2.